The second kappa shape index (κ2) is 7.22. The summed E-state index contributed by atoms with van der Waals surface area (Å²) in [7, 11) is 0. The highest BCUT2D eigenvalue weighted by molar-refractivity contribution is 5.79. The average molecular weight is 367 g/mol. The van der Waals surface area contributed by atoms with Crippen molar-refractivity contribution in [3.63, 3.8) is 0 Å². The number of hydrogen-bond acceptors (Lipinski definition) is 6. The van der Waals surface area contributed by atoms with Crippen molar-refractivity contribution in [1.82, 2.24) is 19.4 Å². The van der Waals surface area contributed by atoms with Gasteiger partial charge in [-0.2, -0.15) is 0 Å². The van der Waals surface area contributed by atoms with Crippen LogP contribution in [0.2, 0.25) is 0 Å². The van der Waals surface area contributed by atoms with Crippen molar-refractivity contribution < 1.29 is 9.21 Å². The van der Waals surface area contributed by atoms with Crippen LogP contribution in [-0.4, -0.2) is 51.5 Å². The van der Waals surface area contributed by atoms with Crippen molar-refractivity contribution in [2.45, 2.75) is 19.9 Å². The van der Waals surface area contributed by atoms with E-state index in [-0.39, 0.29) is 12.5 Å². The van der Waals surface area contributed by atoms with Gasteiger partial charge in [-0.3, -0.25) is 9.36 Å². The number of hydrogen-bond donors (Lipinski definition) is 0. The van der Waals surface area contributed by atoms with Crippen LogP contribution in [0.3, 0.4) is 0 Å². The van der Waals surface area contributed by atoms with Crippen LogP contribution in [0.25, 0.3) is 11.1 Å². The molecule has 4 rings (SSSR count). The molecule has 3 heterocycles. The second-order valence-corrected chi connectivity index (χ2v) is 6.51. The molecule has 3 aromatic rings. The fraction of sp³-hybridized carbons (Fsp3) is 0.368. The predicted octanol–water partition coefficient (Wildman–Crippen LogP) is 1.30. The number of aromatic nitrogens is 3. The van der Waals surface area contributed by atoms with Gasteiger partial charge >= 0.3 is 5.76 Å². The number of piperazine rings is 1. The van der Waals surface area contributed by atoms with E-state index >= 15 is 0 Å². The maximum atomic E-state index is 12.7. The van der Waals surface area contributed by atoms with Gasteiger partial charge in [0.05, 0.1) is 5.52 Å². The Morgan fingerprint density at radius 2 is 1.93 bits per heavy atom. The largest absolute Gasteiger partial charge is 0.420 e. The van der Waals surface area contributed by atoms with E-state index in [4.69, 9.17) is 4.42 Å². The van der Waals surface area contributed by atoms with E-state index in [2.05, 4.69) is 21.8 Å². The van der Waals surface area contributed by atoms with Gasteiger partial charge in [-0.1, -0.05) is 19.1 Å². The third-order valence-electron chi connectivity index (χ3n) is 4.89. The lowest BCUT2D eigenvalue weighted by Gasteiger charge is -2.35. The van der Waals surface area contributed by atoms with Crippen molar-refractivity contribution in [2.75, 3.05) is 31.1 Å². The summed E-state index contributed by atoms with van der Waals surface area (Å²) in [5, 5.41) is 0. The third-order valence-corrected chi connectivity index (χ3v) is 4.89. The first kappa shape index (κ1) is 17.3. The Kier molecular flexibility index (Phi) is 4.62. The Labute approximate surface area is 156 Å². The first-order valence-corrected chi connectivity index (χ1v) is 9.07. The molecule has 27 heavy (non-hydrogen) atoms. The molecule has 0 aliphatic carbocycles. The van der Waals surface area contributed by atoms with E-state index in [1.54, 1.807) is 29.4 Å². The zero-order chi connectivity index (χ0) is 18.8. The quantitative estimate of drug-likeness (QED) is 0.691. The van der Waals surface area contributed by atoms with Crippen LogP contribution >= 0.6 is 0 Å². The normalized spacial score (nSPS) is 14.7. The second-order valence-electron chi connectivity index (χ2n) is 6.51. The molecular weight excluding hydrogens is 346 g/mol. The molecule has 0 radical (unpaired) electrons. The predicted molar refractivity (Wildman–Crippen MR) is 101 cm³/mol. The van der Waals surface area contributed by atoms with Crippen molar-refractivity contribution in [1.29, 1.82) is 0 Å². The SMILES string of the molecule is CCc1cc(N2CCN(C(=O)Cn3c(=O)oc4ccccc43)CC2)ncn1. The molecule has 1 aliphatic rings. The Bertz CT molecular complexity index is 1020. The first-order chi connectivity index (χ1) is 13.2. The lowest BCUT2D eigenvalue weighted by Crippen LogP contribution is -2.50. The standard InChI is InChI=1S/C19H21N5O3/c1-2-14-11-17(21-13-20-14)22-7-9-23(10-8-22)18(25)12-24-15-5-3-4-6-16(15)27-19(24)26/h3-6,11,13H,2,7-10,12H2,1H3. The zero-order valence-corrected chi connectivity index (χ0v) is 15.2. The molecule has 8 nitrogen and oxygen atoms in total. The van der Waals surface area contributed by atoms with Gasteiger partial charge in [-0.25, -0.2) is 14.8 Å². The number of fused-ring (bicyclic) bond motifs is 1. The van der Waals surface area contributed by atoms with E-state index in [1.807, 2.05) is 12.1 Å². The van der Waals surface area contributed by atoms with E-state index in [9.17, 15) is 9.59 Å². The van der Waals surface area contributed by atoms with Gasteiger partial charge in [-0.05, 0) is 18.6 Å². The average Bonchev–Trinajstić information content (AvgIpc) is 3.03. The van der Waals surface area contributed by atoms with Crippen LogP contribution in [0.15, 0.2) is 45.9 Å². The maximum absolute atomic E-state index is 12.7. The number of rotatable bonds is 4. The number of nitrogens with zero attached hydrogens (tertiary/aromatic N) is 5. The first-order valence-electron chi connectivity index (χ1n) is 9.07. The Morgan fingerprint density at radius 1 is 1.15 bits per heavy atom. The van der Waals surface area contributed by atoms with Crippen LogP contribution in [0.1, 0.15) is 12.6 Å². The van der Waals surface area contributed by atoms with Gasteiger partial charge in [0.1, 0.15) is 18.7 Å². The van der Waals surface area contributed by atoms with Crippen molar-refractivity contribution in [3.8, 4) is 0 Å². The molecule has 140 valence electrons. The number of aryl methyl sites for hydroxylation is 1. The minimum absolute atomic E-state index is 0.0106. The molecule has 1 aromatic carbocycles. The molecule has 0 unspecified atom stereocenters. The number of amides is 1. The topological polar surface area (TPSA) is 84.5 Å². The Morgan fingerprint density at radius 3 is 2.70 bits per heavy atom. The summed E-state index contributed by atoms with van der Waals surface area (Å²) < 4.78 is 6.59. The highest BCUT2D eigenvalue weighted by atomic mass is 16.4. The number of carbonyl (C=O) groups is 1. The molecular formula is C19H21N5O3. The number of carbonyl (C=O) groups excluding carboxylic acids is 1. The number of anilines is 1. The number of para-hydroxylation sites is 2. The Balaban J connectivity index is 1.42. The lowest BCUT2D eigenvalue weighted by atomic mass is 10.2. The molecule has 1 fully saturated rings. The van der Waals surface area contributed by atoms with E-state index in [0.717, 1.165) is 17.9 Å². The minimum Gasteiger partial charge on any atom is -0.408 e. The minimum atomic E-state index is -0.503. The van der Waals surface area contributed by atoms with Gasteiger partial charge in [-0.15, -0.1) is 0 Å². The summed E-state index contributed by atoms with van der Waals surface area (Å²) in [4.78, 5) is 37.3. The van der Waals surface area contributed by atoms with Crippen LogP contribution in [0.5, 0.6) is 0 Å². The fourth-order valence-corrected chi connectivity index (χ4v) is 3.34. The number of benzene rings is 1. The van der Waals surface area contributed by atoms with Crippen molar-refractivity contribution in [3.05, 3.63) is 52.9 Å². The van der Waals surface area contributed by atoms with Crippen LogP contribution in [-0.2, 0) is 17.8 Å². The fourth-order valence-electron chi connectivity index (χ4n) is 3.34. The monoisotopic (exact) mass is 367 g/mol. The molecule has 1 aliphatic heterocycles. The molecule has 8 heteroatoms. The summed E-state index contributed by atoms with van der Waals surface area (Å²) in [6.07, 6.45) is 2.45. The lowest BCUT2D eigenvalue weighted by molar-refractivity contribution is -0.132. The van der Waals surface area contributed by atoms with Crippen molar-refractivity contribution in [2.24, 2.45) is 0 Å². The molecule has 1 saturated heterocycles. The molecule has 2 aromatic heterocycles. The molecule has 0 atom stereocenters. The van der Waals surface area contributed by atoms with E-state index in [1.165, 1.54) is 4.57 Å². The summed E-state index contributed by atoms with van der Waals surface area (Å²) >= 11 is 0. The van der Waals surface area contributed by atoms with E-state index in [0.29, 0.717) is 37.3 Å². The smallest absolute Gasteiger partial charge is 0.408 e. The van der Waals surface area contributed by atoms with Crippen LogP contribution < -0.4 is 10.7 Å². The summed E-state index contributed by atoms with van der Waals surface area (Å²) in [5.74, 6) is 0.308. The summed E-state index contributed by atoms with van der Waals surface area (Å²) in [6.45, 7) is 4.64. The van der Waals surface area contributed by atoms with Crippen LogP contribution in [0, 0.1) is 0 Å². The summed E-state index contributed by atoms with van der Waals surface area (Å²) in [5.41, 5.74) is 2.14. The summed E-state index contributed by atoms with van der Waals surface area (Å²) in [6, 6.07) is 9.13. The van der Waals surface area contributed by atoms with Crippen molar-refractivity contribution >= 4 is 22.8 Å². The highest BCUT2D eigenvalue weighted by Crippen LogP contribution is 2.15. The molecule has 0 N–H and O–H groups in total. The Hall–Kier alpha value is -3.16. The molecule has 0 bridgehead atoms. The zero-order valence-electron chi connectivity index (χ0n) is 15.2. The number of oxazole rings is 1. The molecule has 1 amide bonds. The van der Waals surface area contributed by atoms with E-state index < -0.39 is 5.76 Å². The molecule has 0 spiro atoms. The molecule has 0 saturated carbocycles. The van der Waals surface area contributed by atoms with Gasteiger partial charge in [0.25, 0.3) is 0 Å². The maximum Gasteiger partial charge on any atom is 0.420 e. The van der Waals surface area contributed by atoms with Gasteiger partial charge in [0.15, 0.2) is 5.58 Å². The van der Waals surface area contributed by atoms with Gasteiger partial charge in [0.2, 0.25) is 5.91 Å². The van der Waals surface area contributed by atoms with Gasteiger partial charge in [0, 0.05) is 37.9 Å². The van der Waals surface area contributed by atoms with Gasteiger partial charge < -0.3 is 14.2 Å². The highest BCUT2D eigenvalue weighted by Gasteiger charge is 2.23. The third kappa shape index (κ3) is 3.42. The van der Waals surface area contributed by atoms with Crippen LogP contribution in [0.4, 0.5) is 5.82 Å².